The van der Waals surface area contributed by atoms with Gasteiger partial charge in [0.25, 0.3) is 0 Å². The molecule has 3 unspecified atom stereocenters. The molecule has 0 radical (unpaired) electrons. The van der Waals surface area contributed by atoms with Crippen LogP contribution in [0.3, 0.4) is 0 Å². The van der Waals surface area contributed by atoms with Crippen molar-refractivity contribution in [1.29, 1.82) is 0 Å². The first-order valence-electron chi connectivity index (χ1n) is 8.11. The Labute approximate surface area is 123 Å². The van der Waals surface area contributed by atoms with E-state index in [1.54, 1.807) is 0 Å². The van der Waals surface area contributed by atoms with Crippen LogP contribution in [-0.2, 0) is 4.79 Å². The van der Waals surface area contributed by atoms with Crippen LogP contribution in [0.2, 0.25) is 0 Å². The largest absolute Gasteiger partial charge is 0.481 e. The van der Waals surface area contributed by atoms with Crippen molar-refractivity contribution < 1.29 is 9.90 Å². The number of carbonyl (C=O) groups is 1. The van der Waals surface area contributed by atoms with Gasteiger partial charge in [0.1, 0.15) is 0 Å². The summed E-state index contributed by atoms with van der Waals surface area (Å²) in [4.78, 5) is 14.1. The Hall–Kier alpha value is -0.570. The van der Waals surface area contributed by atoms with E-state index in [9.17, 15) is 9.90 Å². The Balaban J connectivity index is 2.06. The molecule has 2 rings (SSSR count). The molecule has 2 fully saturated rings. The lowest BCUT2D eigenvalue weighted by molar-refractivity contribution is -0.151. The molecule has 1 aliphatic heterocycles. The molecule has 3 nitrogen and oxygen atoms in total. The first-order chi connectivity index (χ1) is 9.13. The highest BCUT2D eigenvalue weighted by atomic mass is 16.4. The van der Waals surface area contributed by atoms with Crippen LogP contribution in [0, 0.1) is 22.7 Å². The fourth-order valence-corrected chi connectivity index (χ4v) is 4.42. The van der Waals surface area contributed by atoms with Gasteiger partial charge in [0.05, 0.1) is 5.41 Å². The molecular formula is C17H31NO2. The molecule has 0 aromatic carbocycles. The summed E-state index contributed by atoms with van der Waals surface area (Å²) in [5.41, 5.74) is -0.157. The molecule has 0 spiro atoms. The average molecular weight is 281 g/mol. The van der Waals surface area contributed by atoms with Gasteiger partial charge in [0, 0.05) is 12.6 Å². The monoisotopic (exact) mass is 281 g/mol. The summed E-state index contributed by atoms with van der Waals surface area (Å²) in [7, 11) is 0. The van der Waals surface area contributed by atoms with Gasteiger partial charge < -0.3 is 5.11 Å². The Morgan fingerprint density at radius 1 is 1.30 bits per heavy atom. The lowest BCUT2D eigenvalue weighted by Crippen LogP contribution is -2.49. The molecule has 116 valence electrons. The van der Waals surface area contributed by atoms with Gasteiger partial charge in [0.2, 0.25) is 0 Å². The minimum Gasteiger partial charge on any atom is -0.481 e. The van der Waals surface area contributed by atoms with Crippen molar-refractivity contribution >= 4 is 5.97 Å². The maximum absolute atomic E-state index is 11.5. The van der Waals surface area contributed by atoms with E-state index < -0.39 is 11.4 Å². The Morgan fingerprint density at radius 2 is 1.95 bits per heavy atom. The molecular weight excluding hydrogens is 250 g/mol. The van der Waals surface area contributed by atoms with Crippen molar-refractivity contribution in [2.45, 2.75) is 66.3 Å². The van der Waals surface area contributed by atoms with Crippen molar-refractivity contribution in [3.05, 3.63) is 0 Å². The second kappa shape index (κ2) is 5.32. The van der Waals surface area contributed by atoms with E-state index in [4.69, 9.17) is 0 Å². The Morgan fingerprint density at radius 3 is 2.45 bits per heavy atom. The van der Waals surface area contributed by atoms with Gasteiger partial charge in [-0.25, -0.2) is 0 Å². The zero-order valence-electron chi connectivity index (χ0n) is 13.8. The molecule has 0 aromatic heterocycles. The topological polar surface area (TPSA) is 40.5 Å². The van der Waals surface area contributed by atoms with Crippen molar-refractivity contribution in [2.24, 2.45) is 22.7 Å². The molecule has 1 saturated carbocycles. The second-order valence-electron chi connectivity index (χ2n) is 8.48. The maximum Gasteiger partial charge on any atom is 0.309 e. The van der Waals surface area contributed by atoms with Crippen molar-refractivity contribution in [3.8, 4) is 0 Å². The minimum absolute atomic E-state index is 0.282. The van der Waals surface area contributed by atoms with E-state index in [-0.39, 0.29) is 5.92 Å². The highest BCUT2D eigenvalue weighted by Gasteiger charge is 2.44. The van der Waals surface area contributed by atoms with Crippen LogP contribution < -0.4 is 0 Å². The molecule has 0 bridgehead atoms. The highest BCUT2D eigenvalue weighted by Crippen LogP contribution is 2.45. The van der Waals surface area contributed by atoms with Crippen molar-refractivity contribution in [2.75, 3.05) is 13.1 Å². The number of rotatable bonds is 3. The number of hydrogen-bond donors (Lipinski definition) is 1. The third kappa shape index (κ3) is 3.03. The average Bonchev–Trinajstić information content (AvgIpc) is 2.63. The molecule has 1 heterocycles. The number of aliphatic carboxylic acids is 1. The number of likely N-dealkylation sites (tertiary alicyclic amines) is 1. The van der Waals surface area contributed by atoms with Crippen LogP contribution in [0.5, 0.6) is 0 Å². The summed E-state index contributed by atoms with van der Waals surface area (Å²) < 4.78 is 0. The second-order valence-corrected chi connectivity index (χ2v) is 8.48. The van der Waals surface area contributed by atoms with Crippen LogP contribution in [-0.4, -0.2) is 35.1 Å². The lowest BCUT2D eigenvalue weighted by atomic mass is 9.74. The number of carboxylic acids is 1. The third-order valence-corrected chi connectivity index (χ3v) is 5.79. The molecule has 3 atom stereocenters. The van der Waals surface area contributed by atoms with E-state index in [1.807, 2.05) is 13.8 Å². The summed E-state index contributed by atoms with van der Waals surface area (Å²) >= 11 is 0. The number of piperidine rings is 1. The van der Waals surface area contributed by atoms with E-state index in [1.165, 1.54) is 12.8 Å². The summed E-state index contributed by atoms with van der Waals surface area (Å²) in [6, 6.07) is 0.650. The Bertz CT molecular complexity index is 375. The van der Waals surface area contributed by atoms with Gasteiger partial charge in [-0.15, -0.1) is 0 Å². The van der Waals surface area contributed by atoms with Gasteiger partial charge in [0.15, 0.2) is 0 Å². The van der Waals surface area contributed by atoms with Crippen LogP contribution in [0.25, 0.3) is 0 Å². The maximum atomic E-state index is 11.5. The van der Waals surface area contributed by atoms with Crippen molar-refractivity contribution in [3.63, 3.8) is 0 Å². The molecule has 3 heteroatoms. The summed E-state index contributed by atoms with van der Waals surface area (Å²) in [6.45, 7) is 13.0. The predicted octanol–water partition coefficient (Wildman–Crippen LogP) is 3.63. The highest BCUT2D eigenvalue weighted by molar-refractivity contribution is 5.74. The van der Waals surface area contributed by atoms with E-state index in [2.05, 4.69) is 25.7 Å². The lowest BCUT2D eigenvalue weighted by Gasteiger charge is -2.43. The fourth-order valence-electron chi connectivity index (χ4n) is 4.42. The van der Waals surface area contributed by atoms with Gasteiger partial charge in [-0.2, -0.15) is 0 Å². The molecule has 1 saturated heterocycles. The Kier molecular flexibility index (Phi) is 4.21. The summed E-state index contributed by atoms with van der Waals surface area (Å²) in [6.07, 6.45) is 4.75. The normalized spacial score (nSPS) is 35.1. The molecule has 0 aromatic rings. The fraction of sp³-hybridized carbons (Fsp3) is 0.941. The van der Waals surface area contributed by atoms with Gasteiger partial charge in [-0.3, -0.25) is 9.69 Å². The number of nitrogens with zero attached hydrogens (tertiary/aromatic N) is 1. The molecule has 1 N–H and O–H groups in total. The number of carboxylic acid groups (broad SMARTS) is 1. The van der Waals surface area contributed by atoms with E-state index in [0.717, 1.165) is 31.8 Å². The third-order valence-electron chi connectivity index (χ3n) is 5.79. The zero-order valence-corrected chi connectivity index (χ0v) is 13.8. The first-order valence-corrected chi connectivity index (χ1v) is 8.11. The number of hydrogen-bond acceptors (Lipinski definition) is 2. The molecule has 1 aliphatic carbocycles. The van der Waals surface area contributed by atoms with Crippen LogP contribution in [0.15, 0.2) is 0 Å². The van der Waals surface area contributed by atoms with Gasteiger partial charge in [-0.1, -0.05) is 20.8 Å². The van der Waals surface area contributed by atoms with E-state index in [0.29, 0.717) is 11.5 Å². The van der Waals surface area contributed by atoms with Crippen LogP contribution in [0.4, 0.5) is 0 Å². The SMILES string of the molecule is CC1CC(C)(C)CC1N1CCCC(C(C)(C)C(=O)O)C1. The molecule has 2 aliphatic rings. The van der Waals surface area contributed by atoms with Gasteiger partial charge >= 0.3 is 5.97 Å². The summed E-state index contributed by atoms with van der Waals surface area (Å²) in [5, 5.41) is 9.46. The minimum atomic E-state index is -0.649. The van der Waals surface area contributed by atoms with Crippen molar-refractivity contribution in [1.82, 2.24) is 4.90 Å². The van der Waals surface area contributed by atoms with Gasteiger partial charge in [-0.05, 0) is 63.3 Å². The molecule has 0 amide bonds. The zero-order chi connectivity index (χ0) is 15.1. The van der Waals surface area contributed by atoms with Crippen LogP contribution in [0.1, 0.15) is 60.3 Å². The molecule has 20 heavy (non-hydrogen) atoms. The first kappa shape index (κ1) is 15.8. The van der Waals surface area contributed by atoms with Crippen LogP contribution >= 0.6 is 0 Å². The quantitative estimate of drug-likeness (QED) is 0.858. The van der Waals surface area contributed by atoms with E-state index >= 15 is 0 Å². The summed E-state index contributed by atoms with van der Waals surface area (Å²) in [5.74, 6) is 0.366. The smallest absolute Gasteiger partial charge is 0.309 e. The predicted molar refractivity (Wildman–Crippen MR) is 81.7 cm³/mol. The standard InChI is InChI=1S/C17H31NO2/c1-12-9-16(2,3)10-14(12)18-8-6-7-13(11-18)17(4,5)15(19)20/h12-14H,6-11H2,1-5H3,(H,19,20).